The third kappa shape index (κ3) is 2.25. The van der Waals surface area contributed by atoms with Crippen LogP contribution in [0.4, 0.5) is 0 Å². The van der Waals surface area contributed by atoms with E-state index in [0.29, 0.717) is 6.54 Å². The molecule has 2 aliphatic rings. The van der Waals surface area contributed by atoms with Gasteiger partial charge in [0.15, 0.2) is 0 Å². The van der Waals surface area contributed by atoms with Crippen LogP contribution in [0, 0.1) is 0 Å². The quantitative estimate of drug-likeness (QED) is 0.817. The van der Waals surface area contributed by atoms with Gasteiger partial charge in [-0.15, -0.1) is 0 Å². The highest BCUT2D eigenvalue weighted by Crippen LogP contribution is 2.35. The maximum absolute atomic E-state index is 12.6. The van der Waals surface area contributed by atoms with Crippen LogP contribution in [-0.2, 0) is 10.0 Å². The van der Waals surface area contributed by atoms with Gasteiger partial charge in [0, 0.05) is 18.1 Å². The number of hydrogen-bond acceptors (Lipinski definition) is 3. The maximum Gasteiger partial charge on any atom is 0.217 e. The van der Waals surface area contributed by atoms with Crippen LogP contribution < -0.4 is 5.73 Å². The Hall–Kier alpha value is -0.130. The minimum absolute atomic E-state index is 0.0487. The molecular weight excluding hydrogens is 236 g/mol. The first-order valence-corrected chi connectivity index (χ1v) is 8.14. The van der Waals surface area contributed by atoms with Gasteiger partial charge in [-0.25, -0.2) is 8.42 Å². The predicted molar refractivity (Wildman–Crippen MR) is 69.2 cm³/mol. The smallest absolute Gasteiger partial charge is 0.217 e. The Labute approximate surface area is 105 Å². The first-order valence-electron chi connectivity index (χ1n) is 6.64. The molecule has 0 amide bonds. The highest BCUT2D eigenvalue weighted by Gasteiger charge is 2.46. The molecule has 4 nitrogen and oxygen atoms in total. The van der Waals surface area contributed by atoms with Crippen molar-refractivity contribution in [3.63, 3.8) is 0 Å². The fourth-order valence-corrected chi connectivity index (χ4v) is 5.57. The fraction of sp³-hybridized carbons (Fsp3) is 1.00. The van der Waals surface area contributed by atoms with Gasteiger partial charge in [0.25, 0.3) is 0 Å². The van der Waals surface area contributed by atoms with Crippen molar-refractivity contribution in [1.82, 2.24) is 4.31 Å². The molecule has 0 spiro atoms. The van der Waals surface area contributed by atoms with Gasteiger partial charge < -0.3 is 5.73 Å². The summed E-state index contributed by atoms with van der Waals surface area (Å²) >= 11 is 0. The van der Waals surface area contributed by atoms with Gasteiger partial charge in [-0.3, -0.25) is 0 Å². The number of piperidine rings is 1. The molecule has 0 aromatic heterocycles. The molecule has 5 heteroatoms. The van der Waals surface area contributed by atoms with Gasteiger partial charge in [-0.1, -0.05) is 12.8 Å². The summed E-state index contributed by atoms with van der Waals surface area (Å²) in [5.74, 6) is 0. The van der Waals surface area contributed by atoms with Crippen LogP contribution in [0.5, 0.6) is 0 Å². The number of nitrogens with two attached hydrogens (primary N) is 1. The average molecular weight is 260 g/mol. The van der Waals surface area contributed by atoms with E-state index in [2.05, 4.69) is 0 Å². The maximum atomic E-state index is 12.6. The average Bonchev–Trinajstić information content (AvgIpc) is 2.75. The number of nitrogens with zero attached hydrogens (tertiary/aromatic N) is 1. The summed E-state index contributed by atoms with van der Waals surface area (Å²) < 4.78 is 26.9. The summed E-state index contributed by atoms with van der Waals surface area (Å²) in [7, 11) is -3.15. The van der Waals surface area contributed by atoms with Crippen molar-refractivity contribution in [2.45, 2.75) is 69.2 Å². The minimum atomic E-state index is -3.15. The molecule has 2 rings (SSSR count). The molecule has 1 unspecified atom stereocenters. The third-order valence-electron chi connectivity index (χ3n) is 4.46. The second-order valence-corrected chi connectivity index (χ2v) is 8.06. The lowest BCUT2D eigenvalue weighted by molar-refractivity contribution is 0.140. The van der Waals surface area contributed by atoms with E-state index in [9.17, 15) is 8.42 Å². The van der Waals surface area contributed by atoms with Gasteiger partial charge in [-0.2, -0.15) is 4.31 Å². The lowest BCUT2D eigenvalue weighted by Crippen LogP contribution is -2.62. The molecule has 0 radical (unpaired) electrons. The van der Waals surface area contributed by atoms with Crippen molar-refractivity contribution in [3.05, 3.63) is 0 Å². The number of hydrogen-bond donors (Lipinski definition) is 1. The summed E-state index contributed by atoms with van der Waals surface area (Å²) in [5, 5.41) is -0.160. The predicted octanol–water partition coefficient (Wildman–Crippen LogP) is 1.46. The lowest BCUT2D eigenvalue weighted by atomic mass is 9.88. The van der Waals surface area contributed by atoms with Crippen molar-refractivity contribution in [2.24, 2.45) is 5.73 Å². The molecule has 100 valence electrons. The first-order chi connectivity index (χ1) is 7.87. The second-order valence-electron chi connectivity index (χ2n) is 5.93. The monoisotopic (exact) mass is 260 g/mol. The summed E-state index contributed by atoms with van der Waals surface area (Å²) in [5.41, 5.74) is 5.66. The van der Waals surface area contributed by atoms with Crippen molar-refractivity contribution >= 4 is 10.0 Å². The Balaban J connectivity index is 2.25. The van der Waals surface area contributed by atoms with Crippen LogP contribution in [0.25, 0.3) is 0 Å². The van der Waals surface area contributed by atoms with Crippen LogP contribution in [0.3, 0.4) is 0 Å². The molecular formula is C12H24N2O2S. The largest absolute Gasteiger partial charge is 0.326 e. The Kier molecular flexibility index (Phi) is 3.54. The Morgan fingerprint density at radius 3 is 2.29 bits per heavy atom. The number of rotatable bonds is 2. The van der Waals surface area contributed by atoms with E-state index in [4.69, 9.17) is 5.73 Å². The van der Waals surface area contributed by atoms with E-state index >= 15 is 0 Å². The normalized spacial score (nSPS) is 31.8. The summed E-state index contributed by atoms with van der Waals surface area (Å²) in [6.45, 7) is 4.56. The summed E-state index contributed by atoms with van der Waals surface area (Å²) in [6.07, 6.45) is 5.54. The van der Waals surface area contributed by atoms with Gasteiger partial charge in [0.05, 0.1) is 5.25 Å². The van der Waals surface area contributed by atoms with Crippen LogP contribution in [-0.4, -0.2) is 36.1 Å². The van der Waals surface area contributed by atoms with E-state index in [1.54, 1.807) is 4.31 Å². The van der Waals surface area contributed by atoms with E-state index in [1.165, 1.54) is 0 Å². The van der Waals surface area contributed by atoms with Crippen LogP contribution in [0.15, 0.2) is 0 Å². The van der Waals surface area contributed by atoms with E-state index < -0.39 is 15.6 Å². The van der Waals surface area contributed by atoms with Crippen LogP contribution in [0.1, 0.15) is 52.4 Å². The zero-order valence-electron chi connectivity index (χ0n) is 10.9. The van der Waals surface area contributed by atoms with Gasteiger partial charge in [0.1, 0.15) is 0 Å². The van der Waals surface area contributed by atoms with E-state index in [-0.39, 0.29) is 11.3 Å². The molecule has 0 aromatic carbocycles. The van der Waals surface area contributed by atoms with Crippen LogP contribution >= 0.6 is 0 Å². The second kappa shape index (κ2) is 4.52. The van der Waals surface area contributed by atoms with Crippen molar-refractivity contribution in [1.29, 1.82) is 0 Å². The van der Waals surface area contributed by atoms with Crippen molar-refractivity contribution in [2.75, 3.05) is 6.54 Å². The topological polar surface area (TPSA) is 63.4 Å². The first kappa shape index (κ1) is 13.3. The molecule has 2 N–H and O–H groups in total. The molecule has 1 saturated heterocycles. The van der Waals surface area contributed by atoms with E-state index in [1.807, 2.05) is 13.8 Å². The SMILES string of the molecule is CC1(C)C(N)CCCN1S(=O)(=O)C1CCCC1. The zero-order valence-corrected chi connectivity index (χ0v) is 11.7. The Morgan fingerprint density at radius 1 is 1.12 bits per heavy atom. The van der Waals surface area contributed by atoms with Gasteiger partial charge in [-0.05, 0) is 39.5 Å². The van der Waals surface area contributed by atoms with Gasteiger partial charge in [0.2, 0.25) is 10.0 Å². The summed E-state index contributed by atoms with van der Waals surface area (Å²) in [4.78, 5) is 0. The van der Waals surface area contributed by atoms with Crippen molar-refractivity contribution < 1.29 is 8.42 Å². The van der Waals surface area contributed by atoms with Crippen LogP contribution in [0.2, 0.25) is 0 Å². The standard InChI is InChI=1S/C12H24N2O2S/c1-12(2)11(13)8-5-9-14(12)17(15,16)10-6-3-4-7-10/h10-11H,3-9,13H2,1-2H3. The van der Waals surface area contributed by atoms with Gasteiger partial charge >= 0.3 is 0 Å². The minimum Gasteiger partial charge on any atom is -0.326 e. The molecule has 1 aliphatic heterocycles. The third-order valence-corrected chi connectivity index (χ3v) is 7.04. The highest BCUT2D eigenvalue weighted by molar-refractivity contribution is 7.89. The molecule has 17 heavy (non-hydrogen) atoms. The molecule has 0 aromatic rings. The zero-order chi connectivity index (χ0) is 12.7. The molecule has 1 atom stereocenters. The molecule has 1 heterocycles. The van der Waals surface area contributed by atoms with Crippen molar-refractivity contribution in [3.8, 4) is 0 Å². The molecule has 2 fully saturated rings. The molecule has 1 saturated carbocycles. The molecule has 0 bridgehead atoms. The fourth-order valence-electron chi connectivity index (χ4n) is 3.10. The molecule has 1 aliphatic carbocycles. The lowest BCUT2D eigenvalue weighted by Gasteiger charge is -2.46. The Bertz CT molecular complexity index is 372. The highest BCUT2D eigenvalue weighted by atomic mass is 32.2. The number of sulfonamides is 1. The van der Waals surface area contributed by atoms with E-state index in [0.717, 1.165) is 38.5 Å². The summed E-state index contributed by atoms with van der Waals surface area (Å²) in [6, 6.07) is -0.0487. The Morgan fingerprint density at radius 2 is 1.71 bits per heavy atom.